The van der Waals surface area contributed by atoms with Gasteiger partial charge in [0.25, 0.3) is 0 Å². The lowest BCUT2D eigenvalue weighted by molar-refractivity contribution is 0.340. The van der Waals surface area contributed by atoms with Crippen LogP contribution in [0.15, 0.2) is 30.5 Å². The van der Waals surface area contributed by atoms with E-state index < -0.39 is 0 Å². The maximum absolute atomic E-state index is 5.97. The molecule has 0 saturated carbocycles. The van der Waals surface area contributed by atoms with Crippen molar-refractivity contribution in [2.24, 2.45) is 0 Å². The van der Waals surface area contributed by atoms with Crippen LogP contribution in [0.2, 0.25) is 5.15 Å². The normalized spacial score (nSPS) is 10.3. The number of hydrogen-bond donors (Lipinski definition) is 0. The molecule has 0 atom stereocenters. The number of nitrogens with zero attached hydrogens (tertiary/aromatic N) is 2. The van der Waals surface area contributed by atoms with Gasteiger partial charge >= 0.3 is 0 Å². The summed E-state index contributed by atoms with van der Waals surface area (Å²) >= 11 is 8.07. The van der Waals surface area contributed by atoms with E-state index >= 15 is 0 Å². The minimum absolute atomic E-state index is 0.470. The molecule has 2 rings (SSSR count). The van der Waals surface area contributed by atoms with E-state index in [4.69, 9.17) is 16.3 Å². The van der Waals surface area contributed by atoms with E-state index in [-0.39, 0.29) is 0 Å². The molecule has 0 amide bonds. The molecule has 0 aliphatic rings. The van der Waals surface area contributed by atoms with Crippen LogP contribution < -0.4 is 4.74 Å². The fourth-order valence-corrected chi connectivity index (χ4v) is 1.77. The standard InChI is InChI=1S/C12H10ClIN2O/c1-2-17-9-5-3-4-8(6-9)12-15-7-10(14)11(13)16-12/h3-7H,2H2,1H3. The zero-order chi connectivity index (χ0) is 12.3. The fourth-order valence-electron chi connectivity index (χ4n) is 1.38. The average molecular weight is 361 g/mol. The first-order valence-corrected chi connectivity index (χ1v) is 6.57. The smallest absolute Gasteiger partial charge is 0.161 e. The van der Waals surface area contributed by atoms with Crippen LogP contribution in [0, 0.1) is 3.57 Å². The highest BCUT2D eigenvalue weighted by molar-refractivity contribution is 14.1. The molecule has 0 spiro atoms. The van der Waals surface area contributed by atoms with E-state index in [2.05, 4.69) is 32.6 Å². The second-order valence-corrected chi connectivity index (χ2v) is 4.81. The van der Waals surface area contributed by atoms with Gasteiger partial charge in [-0.2, -0.15) is 0 Å². The second kappa shape index (κ2) is 5.64. The third kappa shape index (κ3) is 3.07. The summed E-state index contributed by atoms with van der Waals surface area (Å²) in [6.45, 7) is 2.59. The SMILES string of the molecule is CCOc1cccc(-c2ncc(I)c(Cl)n2)c1. The van der Waals surface area contributed by atoms with Gasteiger partial charge < -0.3 is 4.74 Å². The minimum atomic E-state index is 0.470. The van der Waals surface area contributed by atoms with Crippen molar-refractivity contribution < 1.29 is 4.74 Å². The molecule has 2 aromatic rings. The Labute approximate surface area is 118 Å². The van der Waals surface area contributed by atoms with Gasteiger partial charge in [0, 0.05) is 11.8 Å². The monoisotopic (exact) mass is 360 g/mol. The third-order valence-electron chi connectivity index (χ3n) is 2.10. The maximum atomic E-state index is 5.97. The van der Waals surface area contributed by atoms with E-state index in [1.54, 1.807) is 6.20 Å². The predicted octanol–water partition coefficient (Wildman–Crippen LogP) is 3.80. The first-order valence-electron chi connectivity index (χ1n) is 5.12. The van der Waals surface area contributed by atoms with Crippen LogP contribution in [0.1, 0.15) is 6.92 Å². The average Bonchev–Trinajstić information content (AvgIpc) is 2.33. The van der Waals surface area contributed by atoms with Crippen molar-refractivity contribution in [1.82, 2.24) is 9.97 Å². The molecule has 1 heterocycles. The van der Waals surface area contributed by atoms with Gasteiger partial charge in [-0.15, -0.1) is 0 Å². The van der Waals surface area contributed by atoms with E-state index in [9.17, 15) is 0 Å². The van der Waals surface area contributed by atoms with Gasteiger partial charge in [0.15, 0.2) is 5.82 Å². The summed E-state index contributed by atoms with van der Waals surface area (Å²) in [6, 6.07) is 7.65. The van der Waals surface area contributed by atoms with Crippen LogP contribution in [0.4, 0.5) is 0 Å². The van der Waals surface area contributed by atoms with Crippen LogP contribution in [0.5, 0.6) is 5.75 Å². The molecule has 0 aliphatic heterocycles. The highest BCUT2D eigenvalue weighted by Gasteiger charge is 2.06. The number of rotatable bonds is 3. The molecule has 0 unspecified atom stereocenters. The summed E-state index contributed by atoms with van der Waals surface area (Å²) in [4.78, 5) is 8.49. The lowest BCUT2D eigenvalue weighted by atomic mass is 10.2. The first kappa shape index (κ1) is 12.6. The Morgan fingerprint density at radius 2 is 2.24 bits per heavy atom. The predicted molar refractivity (Wildman–Crippen MR) is 76.4 cm³/mol. The summed E-state index contributed by atoms with van der Waals surface area (Å²) in [5, 5.41) is 0.470. The summed E-state index contributed by atoms with van der Waals surface area (Å²) < 4.78 is 6.27. The van der Waals surface area contributed by atoms with Gasteiger partial charge in [-0.3, -0.25) is 0 Å². The molecule has 0 saturated heterocycles. The van der Waals surface area contributed by atoms with Crippen molar-refractivity contribution >= 4 is 34.2 Å². The highest BCUT2D eigenvalue weighted by Crippen LogP contribution is 2.23. The van der Waals surface area contributed by atoms with Crippen LogP contribution in [0.3, 0.4) is 0 Å². The largest absolute Gasteiger partial charge is 0.494 e. The number of benzene rings is 1. The molecule has 0 bridgehead atoms. The van der Waals surface area contributed by atoms with Crippen molar-refractivity contribution in [3.05, 3.63) is 39.2 Å². The van der Waals surface area contributed by atoms with Crippen molar-refractivity contribution in [2.75, 3.05) is 6.61 Å². The molecule has 0 aliphatic carbocycles. The molecule has 0 N–H and O–H groups in total. The molecule has 88 valence electrons. The molecular weight excluding hydrogens is 351 g/mol. The highest BCUT2D eigenvalue weighted by atomic mass is 127. The van der Waals surface area contributed by atoms with Gasteiger partial charge in [-0.1, -0.05) is 23.7 Å². The van der Waals surface area contributed by atoms with Gasteiger partial charge in [0.1, 0.15) is 10.9 Å². The number of hydrogen-bond acceptors (Lipinski definition) is 3. The van der Waals surface area contributed by atoms with Crippen molar-refractivity contribution in [1.29, 1.82) is 0 Å². The maximum Gasteiger partial charge on any atom is 0.161 e. The molecule has 17 heavy (non-hydrogen) atoms. The van der Waals surface area contributed by atoms with E-state index in [1.807, 2.05) is 31.2 Å². The van der Waals surface area contributed by atoms with Crippen LogP contribution in [-0.2, 0) is 0 Å². The van der Waals surface area contributed by atoms with E-state index in [0.717, 1.165) is 14.9 Å². The number of aromatic nitrogens is 2. The van der Waals surface area contributed by atoms with E-state index in [0.29, 0.717) is 17.6 Å². The second-order valence-electron chi connectivity index (χ2n) is 3.29. The lowest BCUT2D eigenvalue weighted by Crippen LogP contribution is -1.94. The van der Waals surface area contributed by atoms with Gasteiger partial charge in [0.2, 0.25) is 0 Å². The summed E-state index contributed by atoms with van der Waals surface area (Å²) in [5.41, 5.74) is 0.897. The van der Waals surface area contributed by atoms with Gasteiger partial charge in [0.05, 0.1) is 10.2 Å². The van der Waals surface area contributed by atoms with Gasteiger partial charge in [-0.05, 0) is 41.6 Å². The van der Waals surface area contributed by atoms with Crippen LogP contribution in [-0.4, -0.2) is 16.6 Å². The summed E-state index contributed by atoms with van der Waals surface area (Å²) in [5.74, 6) is 1.42. The quantitative estimate of drug-likeness (QED) is 0.617. The van der Waals surface area contributed by atoms with Crippen molar-refractivity contribution in [2.45, 2.75) is 6.92 Å². The first-order chi connectivity index (χ1) is 8.20. The number of ether oxygens (including phenoxy) is 1. The Morgan fingerprint density at radius 3 is 2.94 bits per heavy atom. The molecule has 5 heteroatoms. The van der Waals surface area contributed by atoms with Crippen molar-refractivity contribution in [3.8, 4) is 17.1 Å². The van der Waals surface area contributed by atoms with E-state index in [1.165, 1.54) is 0 Å². The molecule has 0 radical (unpaired) electrons. The Bertz CT molecular complexity index is 534. The molecular formula is C12H10ClIN2O. The summed E-state index contributed by atoms with van der Waals surface area (Å²) in [6.07, 6.45) is 1.71. The topological polar surface area (TPSA) is 35.0 Å². The molecule has 1 aromatic carbocycles. The zero-order valence-corrected chi connectivity index (χ0v) is 12.1. The Balaban J connectivity index is 2.38. The van der Waals surface area contributed by atoms with Gasteiger partial charge in [-0.25, -0.2) is 9.97 Å². The third-order valence-corrected chi connectivity index (χ3v) is 3.50. The number of halogens is 2. The Kier molecular flexibility index (Phi) is 4.17. The van der Waals surface area contributed by atoms with Crippen LogP contribution >= 0.6 is 34.2 Å². The fraction of sp³-hybridized carbons (Fsp3) is 0.167. The molecule has 1 aromatic heterocycles. The zero-order valence-electron chi connectivity index (χ0n) is 9.15. The summed E-state index contributed by atoms with van der Waals surface area (Å²) in [7, 11) is 0. The lowest BCUT2D eigenvalue weighted by Gasteiger charge is -2.05. The molecule has 0 fully saturated rings. The van der Waals surface area contributed by atoms with Crippen LogP contribution in [0.25, 0.3) is 11.4 Å². The molecule has 3 nitrogen and oxygen atoms in total. The minimum Gasteiger partial charge on any atom is -0.494 e. The van der Waals surface area contributed by atoms with Crippen molar-refractivity contribution in [3.63, 3.8) is 0 Å². The Hall–Kier alpha value is -0.880. The Morgan fingerprint density at radius 1 is 1.41 bits per heavy atom.